The summed E-state index contributed by atoms with van der Waals surface area (Å²) in [6, 6.07) is 14.3. The summed E-state index contributed by atoms with van der Waals surface area (Å²) in [7, 11) is 3.85. The number of nitrogens with zero attached hydrogens (tertiary/aromatic N) is 4. The largest absolute Gasteiger partial charge is 0.444 e. The lowest BCUT2D eigenvalue weighted by Gasteiger charge is -2.35. The SMILES string of the molecule is CN(C)c1cccc(C(=O)Nc2ccc(C(=N)c3c(N)ncnc3NC3CC4CC3N(C(=O)OC(C)(C)C)C4)cc2)c1. The number of carbonyl (C=O) groups excluding carboxylic acids is 2. The first-order valence-corrected chi connectivity index (χ1v) is 14.0. The maximum absolute atomic E-state index is 12.8. The Bertz CT molecular complexity index is 1500. The Hall–Kier alpha value is -4.67. The lowest BCUT2D eigenvalue weighted by molar-refractivity contribution is 0.0179. The molecule has 220 valence electrons. The molecule has 11 nitrogen and oxygen atoms in total. The van der Waals surface area contributed by atoms with Crippen molar-refractivity contribution in [3.63, 3.8) is 0 Å². The van der Waals surface area contributed by atoms with E-state index < -0.39 is 5.60 Å². The average molecular weight is 571 g/mol. The van der Waals surface area contributed by atoms with Gasteiger partial charge in [-0.25, -0.2) is 14.8 Å². The van der Waals surface area contributed by atoms with Gasteiger partial charge in [0.1, 0.15) is 23.6 Å². The first-order valence-electron chi connectivity index (χ1n) is 14.0. The molecule has 2 fully saturated rings. The quantitative estimate of drug-likeness (QED) is 0.301. The number of amides is 2. The molecule has 2 bridgehead atoms. The molecule has 1 aliphatic carbocycles. The number of fused-ring (bicyclic) bond motifs is 2. The number of hydrogen-bond donors (Lipinski definition) is 4. The normalized spacial score (nSPS) is 19.4. The zero-order valence-electron chi connectivity index (χ0n) is 24.6. The number of anilines is 4. The maximum Gasteiger partial charge on any atom is 0.410 e. The molecule has 1 aliphatic heterocycles. The summed E-state index contributed by atoms with van der Waals surface area (Å²) in [6.07, 6.45) is 2.83. The van der Waals surface area contributed by atoms with Gasteiger partial charge >= 0.3 is 6.09 Å². The van der Waals surface area contributed by atoms with Crippen LogP contribution in [0.3, 0.4) is 0 Å². The van der Waals surface area contributed by atoms with Gasteiger partial charge in [0.05, 0.1) is 17.3 Å². The highest BCUT2D eigenvalue weighted by molar-refractivity contribution is 6.16. The van der Waals surface area contributed by atoms with E-state index in [0.717, 1.165) is 18.5 Å². The van der Waals surface area contributed by atoms with E-state index in [-0.39, 0.29) is 35.6 Å². The average Bonchev–Trinajstić information content (AvgIpc) is 3.53. The van der Waals surface area contributed by atoms with Gasteiger partial charge in [0.25, 0.3) is 5.91 Å². The molecule has 5 N–H and O–H groups in total. The number of piperidine rings is 1. The topological polar surface area (TPSA) is 150 Å². The van der Waals surface area contributed by atoms with Crippen LogP contribution in [0.4, 0.5) is 27.8 Å². The Morgan fingerprint density at radius 1 is 1.07 bits per heavy atom. The van der Waals surface area contributed by atoms with Crippen LogP contribution >= 0.6 is 0 Å². The second-order valence-electron chi connectivity index (χ2n) is 12.1. The summed E-state index contributed by atoms with van der Waals surface area (Å²) in [5, 5.41) is 15.3. The zero-order valence-corrected chi connectivity index (χ0v) is 24.6. The monoisotopic (exact) mass is 570 g/mol. The molecular weight excluding hydrogens is 532 g/mol. The van der Waals surface area contributed by atoms with Gasteiger partial charge in [0.2, 0.25) is 0 Å². The summed E-state index contributed by atoms with van der Waals surface area (Å²) in [4.78, 5) is 38.0. The molecule has 5 rings (SSSR count). The van der Waals surface area contributed by atoms with E-state index in [1.807, 2.05) is 58.0 Å². The molecule has 1 aromatic heterocycles. The predicted octanol–water partition coefficient (Wildman–Crippen LogP) is 4.60. The van der Waals surface area contributed by atoms with Crippen molar-refractivity contribution in [1.82, 2.24) is 14.9 Å². The fourth-order valence-electron chi connectivity index (χ4n) is 5.63. The zero-order chi connectivity index (χ0) is 30.2. The van der Waals surface area contributed by atoms with Gasteiger partial charge in [-0.1, -0.05) is 18.2 Å². The van der Waals surface area contributed by atoms with E-state index in [0.29, 0.717) is 40.7 Å². The Morgan fingerprint density at radius 2 is 1.81 bits per heavy atom. The molecule has 42 heavy (non-hydrogen) atoms. The number of ether oxygens (including phenoxy) is 1. The third-order valence-corrected chi connectivity index (χ3v) is 7.61. The van der Waals surface area contributed by atoms with Crippen molar-refractivity contribution in [2.45, 2.75) is 51.3 Å². The fraction of sp³-hybridized carbons (Fsp3) is 0.387. The summed E-state index contributed by atoms with van der Waals surface area (Å²) in [6.45, 7) is 6.26. The molecule has 0 radical (unpaired) electrons. The molecule has 3 atom stereocenters. The Kier molecular flexibility index (Phi) is 7.77. The summed E-state index contributed by atoms with van der Waals surface area (Å²) < 4.78 is 5.64. The van der Waals surface area contributed by atoms with Crippen LogP contribution in [-0.4, -0.2) is 70.9 Å². The van der Waals surface area contributed by atoms with Gasteiger partial charge in [-0.3, -0.25) is 10.2 Å². The molecular formula is C31H38N8O3. The molecule has 1 saturated heterocycles. The van der Waals surface area contributed by atoms with E-state index in [1.54, 1.807) is 35.2 Å². The van der Waals surface area contributed by atoms with Gasteiger partial charge in [0.15, 0.2) is 0 Å². The van der Waals surface area contributed by atoms with Crippen LogP contribution in [-0.2, 0) is 4.74 Å². The highest BCUT2D eigenvalue weighted by Crippen LogP contribution is 2.40. The Morgan fingerprint density at radius 3 is 2.48 bits per heavy atom. The molecule has 0 spiro atoms. The molecule has 2 aliphatic rings. The number of aromatic nitrogens is 2. The molecule has 2 amide bonds. The molecule has 3 unspecified atom stereocenters. The number of likely N-dealkylation sites (tertiary alicyclic amines) is 1. The minimum atomic E-state index is -0.569. The number of nitrogens with one attached hydrogen (secondary N) is 3. The highest BCUT2D eigenvalue weighted by atomic mass is 16.6. The van der Waals surface area contributed by atoms with Crippen LogP contribution in [0.1, 0.15) is 55.1 Å². The van der Waals surface area contributed by atoms with Gasteiger partial charge in [0, 0.05) is 49.2 Å². The summed E-state index contributed by atoms with van der Waals surface area (Å²) in [5.74, 6) is 0.783. The van der Waals surface area contributed by atoms with Gasteiger partial charge in [-0.05, 0) is 69.9 Å². The van der Waals surface area contributed by atoms with Gasteiger partial charge in [-0.2, -0.15) is 0 Å². The first kappa shape index (κ1) is 28.8. The maximum atomic E-state index is 12.8. The molecule has 11 heteroatoms. The lowest BCUT2D eigenvalue weighted by Crippen LogP contribution is -2.49. The second-order valence-corrected chi connectivity index (χ2v) is 12.1. The second kappa shape index (κ2) is 11.3. The Balaban J connectivity index is 1.30. The van der Waals surface area contributed by atoms with Crippen LogP contribution in [0.5, 0.6) is 0 Å². The smallest absolute Gasteiger partial charge is 0.410 e. The van der Waals surface area contributed by atoms with E-state index >= 15 is 0 Å². The van der Waals surface area contributed by atoms with Gasteiger partial charge < -0.3 is 30.9 Å². The van der Waals surface area contributed by atoms with Crippen molar-refractivity contribution in [1.29, 1.82) is 5.41 Å². The van der Waals surface area contributed by atoms with Crippen molar-refractivity contribution < 1.29 is 14.3 Å². The third-order valence-electron chi connectivity index (χ3n) is 7.61. The molecule has 2 heterocycles. The van der Waals surface area contributed by atoms with Crippen LogP contribution in [0.2, 0.25) is 0 Å². The summed E-state index contributed by atoms with van der Waals surface area (Å²) >= 11 is 0. The van der Waals surface area contributed by atoms with Crippen LogP contribution in [0, 0.1) is 11.3 Å². The highest BCUT2D eigenvalue weighted by Gasteiger charge is 2.48. The van der Waals surface area contributed by atoms with Crippen molar-refractivity contribution >= 4 is 40.7 Å². The van der Waals surface area contributed by atoms with E-state index in [4.69, 9.17) is 15.9 Å². The molecule has 1 saturated carbocycles. The van der Waals surface area contributed by atoms with E-state index in [2.05, 4.69) is 20.6 Å². The fourth-order valence-corrected chi connectivity index (χ4v) is 5.63. The van der Waals surface area contributed by atoms with E-state index in [9.17, 15) is 9.59 Å². The van der Waals surface area contributed by atoms with Crippen LogP contribution < -0.4 is 21.3 Å². The number of nitrogens with two attached hydrogens (primary N) is 1. The minimum absolute atomic E-state index is 0.0376. The van der Waals surface area contributed by atoms with Crippen molar-refractivity contribution in [2.75, 3.05) is 41.9 Å². The number of rotatable bonds is 7. The number of carbonyl (C=O) groups is 2. The number of nitrogen functional groups attached to an aromatic ring is 1. The minimum Gasteiger partial charge on any atom is -0.444 e. The van der Waals surface area contributed by atoms with E-state index in [1.165, 1.54) is 6.33 Å². The first-order chi connectivity index (χ1) is 19.9. The van der Waals surface area contributed by atoms with Gasteiger partial charge in [-0.15, -0.1) is 0 Å². The number of benzene rings is 2. The predicted molar refractivity (Wildman–Crippen MR) is 164 cm³/mol. The molecule has 3 aromatic rings. The Labute approximate surface area is 246 Å². The van der Waals surface area contributed by atoms with Crippen LogP contribution in [0.25, 0.3) is 0 Å². The van der Waals surface area contributed by atoms with Crippen molar-refractivity contribution in [2.24, 2.45) is 5.92 Å². The summed E-state index contributed by atoms with van der Waals surface area (Å²) in [5.41, 5.74) is 8.92. The standard InChI is InChI=1S/C31H38N8O3/c1-31(2,3)42-30(41)39-16-18-13-23(24(39)14-18)37-28-25(27(33)34-17-35-28)26(32)19-9-11-21(12-10-19)36-29(40)20-7-6-8-22(15-20)38(4)5/h6-12,15,17-18,23-24,32H,13-14,16H2,1-5H3,(H,36,40)(H3,33,34,35,37). The van der Waals surface area contributed by atoms with Crippen molar-refractivity contribution in [3.8, 4) is 0 Å². The number of hydrogen-bond acceptors (Lipinski definition) is 9. The van der Waals surface area contributed by atoms with Crippen LogP contribution in [0.15, 0.2) is 54.9 Å². The lowest BCUT2D eigenvalue weighted by atomic mass is 10.0. The van der Waals surface area contributed by atoms with Crippen molar-refractivity contribution in [3.05, 3.63) is 71.5 Å². The third kappa shape index (κ3) is 6.14. The molecule has 2 aromatic carbocycles.